The summed E-state index contributed by atoms with van der Waals surface area (Å²) in [5.41, 5.74) is 0.660. The Morgan fingerprint density at radius 3 is 1.37 bits per heavy atom. The number of hydrogen-bond acceptors (Lipinski definition) is 1. The molecule has 1 nitrogen and oxygen atoms in total. The summed E-state index contributed by atoms with van der Waals surface area (Å²) in [5, 5.41) is 0. The molecular formula is C17H36OS. The van der Waals surface area contributed by atoms with E-state index in [4.69, 9.17) is 0 Å². The summed E-state index contributed by atoms with van der Waals surface area (Å²) in [7, 11) is -0.781. The van der Waals surface area contributed by atoms with Crippen LogP contribution in [0.4, 0.5) is 0 Å². The Labute approximate surface area is 124 Å². The summed E-state index contributed by atoms with van der Waals surface area (Å²) in [4.78, 5) is 0. The quantitative estimate of drug-likeness (QED) is 0.661. The standard InChI is InChI=1S/C17H36OS/c1-14(2,3)11-16(7,8)13-19(18)17(9,10)12-15(4,5)6/h11-13H2,1-10H3. The van der Waals surface area contributed by atoms with Gasteiger partial charge in [-0.3, -0.25) is 4.21 Å². The smallest absolute Gasteiger partial charge is 0.0408 e. The van der Waals surface area contributed by atoms with Crippen LogP contribution in [-0.4, -0.2) is 14.7 Å². The van der Waals surface area contributed by atoms with E-state index in [0.29, 0.717) is 5.41 Å². The summed E-state index contributed by atoms with van der Waals surface area (Å²) in [6, 6.07) is 0. The van der Waals surface area contributed by atoms with Gasteiger partial charge >= 0.3 is 0 Å². The van der Waals surface area contributed by atoms with Gasteiger partial charge in [0.25, 0.3) is 0 Å². The predicted octanol–water partition coefficient (Wildman–Crippen LogP) is 5.41. The van der Waals surface area contributed by atoms with Crippen LogP contribution in [0.3, 0.4) is 0 Å². The van der Waals surface area contributed by atoms with Gasteiger partial charge in [-0.1, -0.05) is 55.4 Å². The van der Waals surface area contributed by atoms with Crippen molar-refractivity contribution in [1.82, 2.24) is 0 Å². The molecule has 0 amide bonds. The van der Waals surface area contributed by atoms with E-state index in [0.717, 1.165) is 18.6 Å². The Morgan fingerprint density at radius 2 is 1.05 bits per heavy atom. The molecule has 0 radical (unpaired) electrons. The van der Waals surface area contributed by atoms with Crippen LogP contribution in [0.1, 0.15) is 82.1 Å². The lowest BCUT2D eigenvalue weighted by Crippen LogP contribution is -2.38. The van der Waals surface area contributed by atoms with Gasteiger partial charge in [0.2, 0.25) is 0 Å². The Kier molecular flexibility index (Phi) is 5.92. The zero-order chi connectivity index (χ0) is 15.7. The first-order valence-electron chi connectivity index (χ1n) is 7.43. The van der Waals surface area contributed by atoms with Gasteiger partial charge in [0.15, 0.2) is 0 Å². The van der Waals surface area contributed by atoms with E-state index in [1.807, 2.05) is 0 Å². The van der Waals surface area contributed by atoms with Crippen LogP contribution < -0.4 is 0 Å². The second-order valence-corrected chi connectivity index (χ2v) is 12.0. The average Bonchev–Trinajstić information content (AvgIpc) is 1.91. The molecule has 116 valence electrons. The van der Waals surface area contributed by atoms with Crippen molar-refractivity contribution in [2.45, 2.75) is 86.8 Å². The van der Waals surface area contributed by atoms with Crippen molar-refractivity contribution in [1.29, 1.82) is 0 Å². The van der Waals surface area contributed by atoms with Crippen LogP contribution in [0.2, 0.25) is 0 Å². The summed E-state index contributed by atoms with van der Waals surface area (Å²) in [5.74, 6) is 0.799. The van der Waals surface area contributed by atoms with Gasteiger partial charge in [-0.2, -0.15) is 0 Å². The van der Waals surface area contributed by atoms with Crippen molar-refractivity contribution in [2.24, 2.45) is 16.2 Å². The van der Waals surface area contributed by atoms with Crippen molar-refractivity contribution in [3.8, 4) is 0 Å². The third kappa shape index (κ3) is 8.83. The zero-order valence-corrected chi connectivity index (χ0v) is 15.8. The molecule has 0 saturated heterocycles. The fraction of sp³-hybridized carbons (Fsp3) is 1.00. The summed E-state index contributed by atoms with van der Waals surface area (Å²) in [6.07, 6.45) is 2.11. The third-order valence-electron chi connectivity index (χ3n) is 3.10. The maximum Gasteiger partial charge on any atom is 0.0408 e. The first kappa shape index (κ1) is 19.1. The second kappa shape index (κ2) is 5.87. The minimum Gasteiger partial charge on any atom is -0.259 e. The minimum absolute atomic E-state index is 0.104. The number of hydrogen-bond donors (Lipinski definition) is 0. The monoisotopic (exact) mass is 288 g/mol. The molecule has 0 aromatic carbocycles. The van der Waals surface area contributed by atoms with Crippen molar-refractivity contribution in [2.75, 3.05) is 5.75 Å². The first-order valence-corrected chi connectivity index (χ1v) is 8.75. The molecular weight excluding hydrogens is 252 g/mol. The molecule has 0 aromatic rings. The van der Waals surface area contributed by atoms with E-state index in [1.165, 1.54) is 0 Å². The lowest BCUT2D eigenvalue weighted by atomic mass is 9.77. The largest absolute Gasteiger partial charge is 0.259 e. The van der Waals surface area contributed by atoms with E-state index in [1.54, 1.807) is 0 Å². The van der Waals surface area contributed by atoms with Crippen molar-refractivity contribution in [3.63, 3.8) is 0 Å². The molecule has 19 heavy (non-hydrogen) atoms. The van der Waals surface area contributed by atoms with E-state index in [-0.39, 0.29) is 15.6 Å². The highest BCUT2D eigenvalue weighted by Gasteiger charge is 2.35. The SMILES string of the molecule is CC(C)(C)CC(C)(C)CS(=O)C(C)(C)CC(C)(C)C. The third-order valence-corrected chi connectivity index (χ3v) is 5.52. The molecule has 0 aliphatic carbocycles. The summed E-state index contributed by atoms with van der Waals surface area (Å²) < 4.78 is 12.7. The Bertz CT molecular complexity index is 313. The fourth-order valence-corrected chi connectivity index (χ4v) is 5.19. The Hall–Kier alpha value is 0.150. The molecule has 0 fully saturated rings. The van der Waals surface area contributed by atoms with Gasteiger partial charge in [0, 0.05) is 21.3 Å². The van der Waals surface area contributed by atoms with Gasteiger partial charge in [-0.15, -0.1) is 0 Å². The highest BCUT2D eigenvalue weighted by Crippen LogP contribution is 2.37. The second-order valence-electron chi connectivity index (χ2n) is 9.89. The normalized spacial score (nSPS) is 16.5. The molecule has 0 N–H and O–H groups in total. The topological polar surface area (TPSA) is 17.1 Å². The van der Waals surface area contributed by atoms with E-state index in [9.17, 15) is 4.21 Å². The lowest BCUT2D eigenvalue weighted by molar-refractivity contribution is 0.235. The molecule has 0 aliphatic heterocycles. The molecule has 2 heteroatoms. The van der Waals surface area contributed by atoms with Crippen LogP contribution in [0.5, 0.6) is 0 Å². The molecule has 0 rings (SSSR count). The summed E-state index contributed by atoms with van der Waals surface area (Å²) in [6.45, 7) is 22.3. The fourth-order valence-electron chi connectivity index (χ4n) is 3.39. The molecule has 0 saturated carbocycles. The summed E-state index contributed by atoms with van der Waals surface area (Å²) >= 11 is 0. The van der Waals surface area contributed by atoms with Gasteiger partial charge in [-0.25, -0.2) is 0 Å². The Morgan fingerprint density at radius 1 is 0.684 bits per heavy atom. The van der Waals surface area contributed by atoms with E-state index < -0.39 is 10.8 Å². The first-order chi connectivity index (χ1) is 8.04. The van der Waals surface area contributed by atoms with Gasteiger partial charge < -0.3 is 0 Å². The van der Waals surface area contributed by atoms with Crippen molar-refractivity contribution >= 4 is 10.8 Å². The van der Waals surface area contributed by atoms with Crippen LogP contribution >= 0.6 is 0 Å². The molecule has 0 aliphatic rings. The van der Waals surface area contributed by atoms with Gasteiger partial charge in [-0.05, 0) is 42.9 Å². The maximum atomic E-state index is 12.8. The molecule has 0 spiro atoms. The van der Waals surface area contributed by atoms with Crippen molar-refractivity contribution in [3.05, 3.63) is 0 Å². The molecule has 0 aromatic heterocycles. The average molecular weight is 289 g/mol. The van der Waals surface area contributed by atoms with Crippen LogP contribution in [0.25, 0.3) is 0 Å². The maximum absolute atomic E-state index is 12.8. The van der Waals surface area contributed by atoms with Crippen LogP contribution in [0.15, 0.2) is 0 Å². The Balaban J connectivity index is 4.76. The molecule has 1 unspecified atom stereocenters. The predicted molar refractivity (Wildman–Crippen MR) is 89.0 cm³/mol. The number of rotatable bonds is 5. The van der Waals surface area contributed by atoms with E-state index >= 15 is 0 Å². The van der Waals surface area contributed by atoms with Gasteiger partial charge in [0.05, 0.1) is 0 Å². The van der Waals surface area contributed by atoms with Gasteiger partial charge in [0.1, 0.15) is 0 Å². The highest BCUT2D eigenvalue weighted by atomic mass is 32.2. The minimum atomic E-state index is -0.781. The van der Waals surface area contributed by atoms with Crippen molar-refractivity contribution < 1.29 is 4.21 Å². The van der Waals surface area contributed by atoms with E-state index in [2.05, 4.69) is 69.2 Å². The molecule has 0 bridgehead atoms. The molecule has 1 atom stereocenters. The highest BCUT2D eigenvalue weighted by molar-refractivity contribution is 7.86. The zero-order valence-electron chi connectivity index (χ0n) is 14.9. The van der Waals surface area contributed by atoms with Crippen LogP contribution in [0, 0.1) is 16.2 Å². The molecule has 0 heterocycles. The lowest BCUT2D eigenvalue weighted by Gasteiger charge is -2.37. The van der Waals surface area contributed by atoms with Crippen LogP contribution in [-0.2, 0) is 10.8 Å².